The van der Waals surface area contributed by atoms with Gasteiger partial charge in [0.1, 0.15) is 0 Å². The predicted molar refractivity (Wildman–Crippen MR) is 112 cm³/mol. The first-order valence-corrected chi connectivity index (χ1v) is 10.4. The molecule has 0 heterocycles. The fourth-order valence-electron chi connectivity index (χ4n) is 3.93. The van der Waals surface area contributed by atoms with E-state index in [4.69, 9.17) is 23.2 Å². The molecule has 0 bridgehead atoms. The number of hydrogen-bond donors (Lipinski definition) is 2. The van der Waals surface area contributed by atoms with Crippen LogP contribution in [0.15, 0.2) is 42.5 Å². The van der Waals surface area contributed by atoms with Gasteiger partial charge in [-0.3, -0.25) is 9.59 Å². The normalized spacial score (nSPS) is 17.9. The Morgan fingerprint density at radius 1 is 1.00 bits per heavy atom. The Balaban J connectivity index is 1.54. The molecular formula is C22H22Cl2N2O2. The van der Waals surface area contributed by atoms with Gasteiger partial charge in [-0.1, -0.05) is 48.2 Å². The van der Waals surface area contributed by atoms with Crippen molar-refractivity contribution in [3.8, 4) is 0 Å². The van der Waals surface area contributed by atoms with Gasteiger partial charge in [0.25, 0.3) is 5.91 Å². The van der Waals surface area contributed by atoms with Crippen molar-refractivity contribution >= 4 is 40.7 Å². The minimum absolute atomic E-state index is 0.0569. The minimum Gasteiger partial charge on any atom is -0.349 e. The molecule has 2 amide bonds. The minimum atomic E-state index is -0.584. The largest absolute Gasteiger partial charge is 0.349 e. The third-order valence-corrected chi connectivity index (χ3v) is 6.20. The molecule has 0 saturated heterocycles. The number of benzene rings is 2. The Morgan fingerprint density at radius 2 is 1.75 bits per heavy atom. The molecule has 0 aliphatic heterocycles. The van der Waals surface area contributed by atoms with E-state index in [2.05, 4.69) is 10.6 Å². The van der Waals surface area contributed by atoms with E-state index < -0.39 is 5.41 Å². The van der Waals surface area contributed by atoms with Crippen LogP contribution in [-0.4, -0.2) is 17.9 Å². The first-order chi connectivity index (χ1) is 13.5. The van der Waals surface area contributed by atoms with Crippen LogP contribution in [0, 0.1) is 0 Å². The van der Waals surface area contributed by atoms with Gasteiger partial charge in [0, 0.05) is 16.8 Å². The van der Waals surface area contributed by atoms with Crippen molar-refractivity contribution in [2.45, 2.75) is 50.0 Å². The van der Waals surface area contributed by atoms with Crippen molar-refractivity contribution in [2.75, 3.05) is 5.32 Å². The molecule has 4 nitrogen and oxygen atoms in total. The summed E-state index contributed by atoms with van der Waals surface area (Å²) >= 11 is 12.5. The van der Waals surface area contributed by atoms with E-state index in [-0.39, 0.29) is 17.9 Å². The van der Waals surface area contributed by atoms with E-state index in [0.29, 0.717) is 21.3 Å². The monoisotopic (exact) mass is 416 g/mol. The van der Waals surface area contributed by atoms with Gasteiger partial charge < -0.3 is 10.6 Å². The summed E-state index contributed by atoms with van der Waals surface area (Å²) in [4.78, 5) is 25.5. The van der Waals surface area contributed by atoms with Gasteiger partial charge >= 0.3 is 0 Å². The van der Waals surface area contributed by atoms with Crippen LogP contribution in [0.2, 0.25) is 10.0 Å². The van der Waals surface area contributed by atoms with Crippen molar-refractivity contribution in [3.63, 3.8) is 0 Å². The number of rotatable bonds is 5. The highest BCUT2D eigenvalue weighted by Crippen LogP contribution is 2.42. The second-order valence-electron chi connectivity index (χ2n) is 7.70. The van der Waals surface area contributed by atoms with Crippen molar-refractivity contribution < 1.29 is 9.59 Å². The molecule has 2 fully saturated rings. The molecule has 28 heavy (non-hydrogen) atoms. The van der Waals surface area contributed by atoms with Crippen molar-refractivity contribution in [2.24, 2.45) is 0 Å². The third kappa shape index (κ3) is 3.89. The summed E-state index contributed by atoms with van der Waals surface area (Å²) in [5.74, 6) is -0.227. The first kappa shape index (κ1) is 19.3. The van der Waals surface area contributed by atoms with Crippen LogP contribution in [0.4, 0.5) is 5.69 Å². The van der Waals surface area contributed by atoms with Crippen LogP contribution in [-0.2, 0) is 10.2 Å². The SMILES string of the molecule is O=C(NC1CC1)c1ccc(NC(=O)C2(c3cccc(Cl)c3)CCCC2)cc1Cl. The number of anilines is 1. The fourth-order valence-corrected chi connectivity index (χ4v) is 4.39. The van der Waals surface area contributed by atoms with Crippen LogP contribution < -0.4 is 10.6 Å². The molecule has 0 atom stereocenters. The summed E-state index contributed by atoms with van der Waals surface area (Å²) in [6, 6.07) is 12.8. The second-order valence-corrected chi connectivity index (χ2v) is 8.54. The summed E-state index contributed by atoms with van der Waals surface area (Å²) in [5, 5.41) is 6.89. The predicted octanol–water partition coefficient (Wildman–Crippen LogP) is 5.34. The van der Waals surface area contributed by atoms with E-state index in [9.17, 15) is 9.59 Å². The molecule has 6 heteroatoms. The maximum absolute atomic E-state index is 13.3. The smallest absolute Gasteiger partial charge is 0.253 e. The molecule has 2 saturated carbocycles. The molecular weight excluding hydrogens is 395 g/mol. The van der Waals surface area contributed by atoms with Crippen LogP contribution in [0.25, 0.3) is 0 Å². The standard InChI is InChI=1S/C22H22Cl2N2O2/c23-15-5-3-4-14(12-15)22(10-1-2-11-22)21(28)26-17-8-9-18(19(24)13-17)20(27)25-16-6-7-16/h3-5,8-9,12-13,16H,1-2,6-7,10-11H2,(H,25,27)(H,26,28). The lowest BCUT2D eigenvalue weighted by atomic mass is 9.78. The van der Waals surface area contributed by atoms with Gasteiger partial charge in [-0.25, -0.2) is 0 Å². The molecule has 0 unspecified atom stereocenters. The summed E-state index contributed by atoms with van der Waals surface area (Å²) in [7, 11) is 0. The zero-order chi connectivity index (χ0) is 19.7. The molecule has 4 rings (SSSR count). The van der Waals surface area contributed by atoms with E-state index in [1.807, 2.05) is 24.3 Å². The topological polar surface area (TPSA) is 58.2 Å². The maximum atomic E-state index is 13.3. The van der Waals surface area contributed by atoms with Crippen LogP contribution >= 0.6 is 23.2 Å². The Morgan fingerprint density at radius 3 is 2.39 bits per heavy atom. The van der Waals surface area contributed by atoms with Crippen LogP contribution in [0.1, 0.15) is 54.4 Å². The highest BCUT2D eigenvalue weighted by atomic mass is 35.5. The molecule has 0 spiro atoms. The van der Waals surface area contributed by atoms with Gasteiger partial charge in [-0.05, 0) is 61.6 Å². The Bertz CT molecular complexity index is 919. The third-order valence-electron chi connectivity index (χ3n) is 5.65. The van der Waals surface area contributed by atoms with Crippen molar-refractivity contribution in [3.05, 3.63) is 63.6 Å². The van der Waals surface area contributed by atoms with E-state index >= 15 is 0 Å². The first-order valence-electron chi connectivity index (χ1n) is 9.66. The highest BCUT2D eigenvalue weighted by Gasteiger charge is 2.42. The highest BCUT2D eigenvalue weighted by molar-refractivity contribution is 6.34. The summed E-state index contributed by atoms with van der Waals surface area (Å²) in [5.41, 5.74) is 1.38. The van der Waals surface area contributed by atoms with Gasteiger partial charge in [-0.15, -0.1) is 0 Å². The zero-order valence-corrected chi connectivity index (χ0v) is 16.9. The lowest BCUT2D eigenvalue weighted by molar-refractivity contribution is -0.121. The Kier molecular flexibility index (Phi) is 5.35. The average molecular weight is 417 g/mol. The number of hydrogen-bond acceptors (Lipinski definition) is 2. The Labute approximate surface area is 174 Å². The average Bonchev–Trinajstić information content (AvgIpc) is 3.32. The molecule has 146 valence electrons. The lowest BCUT2D eigenvalue weighted by Crippen LogP contribution is -2.38. The molecule has 2 aliphatic rings. The van der Waals surface area contributed by atoms with Crippen molar-refractivity contribution in [1.29, 1.82) is 0 Å². The molecule has 0 aromatic heterocycles. The number of carbonyl (C=O) groups is 2. The van der Waals surface area contributed by atoms with Gasteiger partial charge in [0.15, 0.2) is 0 Å². The summed E-state index contributed by atoms with van der Waals surface area (Å²) in [6.45, 7) is 0. The van der Waals surface area contributed by atoms with Crippen LogP contribution in [0.3, 0.4) is 0 Å². The van der Waals surface area contributed by atoms with Crippen molar-refractivity contribution in [1.82, 2.24) is 5.32 Å². The molecule has 0 radical (unpaired) electrons. The zero-order valence-electron chi connectivity index (χ0n) is 15.4. The molecule has 2 N–H and O–H groups in total. The molecule has 2 aliphatic carbocycles. The van der Waals surface area contributed by atoms with Gasteiger partial charge in [-0.2, -0.15) is 0 Å². The van der Waals surface area contributed by atoms with Gasteiger partial charge in [0.2, 0.25) is 5.91 Å². The maximum Gasteiger partial charge on any atom is 0.253 e. The quantitative estimate of drug-likeness (QED) is 0.690. The van der Waals surface area contributed by atoms with Gasteiger partial charge in [0.05, 0.1) is 16.0 Å². The fraction of sp³-hybridized carbons (Fsp3) is 0.364. The summed E-state index contributed by atoms with van der Waals surface area (Å²) < 4.78 is 0. The van der Waals surface area contributed by atoms with E-state index in [0.717, 1.165) is 44.1 Å². The molecule has 2 aromatic rings. The Hall–Kier alpha value is -2.04. The number of halogens is 2. The second kappa shape index (κ2) is 7.76. The van der Waals surface area contributed by atoms with E-state index in [1.54, 1.807) is 18.2 Å². The van der Waals surface area contributed by atoms with E-state index in [1.165, 1.54) is 0 Å². The van der Waals surface area contributed by atoms with Crippen LogP contribution in [0.5, 0.6) is 0 Å². The molecule has 2 aromatic carbocycles. The lowest BCUT2D eigenvalue weighted by Gasteiger charge is -2.28. The number of amides is 2. The number of nitrogens with one attached hydrogen (secondary N) is 2. The summed E-state index contributed by atoms with van der Waals surface area (Å²) in [6.07, 6.45) is 5.61. The number of carbonyl (C=O) groups excluding carboxylic acids is 2.